The molecule has 0 saturated carbocycles. The van der Waals surface area contributed by atoms with Crippen molar-refractivity contribution in [3.63, 3.8) is 0 Å². The van der Waals surface area contributed by atoms with Gasteiger partial charge in [0.05, 0.1) is 5.56 Å². The maximum absolute atomic E-state index is 10.8. The van der Waals surface area contributed by atoms with Crippen LogP contribution in [0.2, 0.25) is 0 Å². The molecule has 3 heteroatoms. The zero-order valence-corrected chi connectivity index (χ0v) is 8.49. The molecule has 0 aliphatic rings. The van der Waals surface area contributed by atoms with Crippen LogP contribution in [-0.2, 0) is 6.42 Å². The summed E-state index contributed by atoms with van der Waals surface area (Å²) in [6, 6.07) is 3.01. The third kappa shape index (κ3) is 2.31. The Kier molecular flexibility index (Phi) is 3.39. The highest BCUT2D eigenvalue weighted by Crippen LogP contribution is 2.16. The fourth-order valence-corrected chi connectivity index (χ4v) is 1.49. The maximum Gasteiger partial charge on any atom is 0.335 e. The highest BCUT2D eigenvalue weighted by Gasteiger charge is 2.10. The molecule has 0 heterocycles. The van der Waals surface area contributed by atoms with E-state index in [1.807, 2.05) is 0 Å². The van der Waals surface area contributed by atoms with Crippen LogP contribution in [0.4, 0.5) is 0 Å². The lowest BCUT2D eigenvalue weighted by molar-refractivity contribution is 0.0696. The third-order valence-electron chi connectivity index (χ3n) is 2.20. The Balaban J connectivity index is 3.37. The maximum atomic E-state index is 10.8. The van der Waals surface area contributed by atoms with Crippen molar-refractivity contribution >= 4 is 12.3 Å². The molecular formula is C12H12O3. The van der Waals surface area contributed by atoms with Crippen LogP contribution in [0.25, 0.3) is 0 Å². The first-order chi connectivity index (χ1) is 7.10. The van der Waals surface area contributed by atoms with Crippen LogP contribution in [0.5, 0.6) is 0 Å². The second-order valence-electron chi connectivity index (χ2n) is 3.28. The molecule has 0 saturated heterocycles. The van der Waals surface area contributed by atoms with Gasteiger partial charge in [-0.2, -0.15) is 0 Å². The summed E-state index contributed by atoms with van der Waals surface area (Å²) in [6.07, 6.45) is 2.89. The summed E-state index contributed by atoms with van der Waals surface area (Å²) in [4.78, 5) is 21.6. The number of carboxylic acid groups (broad SMARTS) is 1. The molecule has 15 heavy (non-hydrogen) atoms. The van der Waals surface area contributed by atoms with Crippen LogP contribution in [0.1, 0.15) is 31.8 Å². The average molecular weight is 204 g/mol. The molecule has 0 aliphatic heterocycles. The number of hydrogen-bond donors (Lipinski definition) is 1. The van der Waals surface area contributed by atoms with Crippen LogP contribution in [-0.4, -0.2) is 17.4 Å². The molecule has 1 rings (SSSR count). The van der Waals surface area contributed by atoms with Crippen molar-refractivity contribution in [1.29, 1.82) is 0 Å². The zero-order chi connectivity index (χ0) is 11.4. The van der Waals surface area contributed by atoms with E-state index in [0.717, 1.165) is 6.29 Å². The van der Waals surface area contributed by atoms with Gasteiger partial charge >= 0.3 is 5.97 Å². The van der Waals surface area contributed by atoms with Gasteiger partial charge in [0, 0.05) is 5.56 Å². The smallest absolute Gasteiger partial charge is 0.335 e. The lowest BCUT2D eigenvalue weighted by Crippen LogP contribution is -2.03. The van der Waals surface area contributed by atoms with Gasteiger partial charge in [-0.3, -0.25) is 4.79 Å². The molecule has 0 aliphatic carbocycles. The summed E-state index contributed by atoms with van der Waals surface area (Å²) >= 11 is 0. The summed E-state index contributed by atoms with van der Waals surface area (Å²) in [5.41, 5.74) is 2.15. The van der Waals surface area contributed by atoms with Crippen LogP contribution in [0.15, 0.2) is 24.8 Å². The Morgan fingerprint density at radius 2 is 2.20 bits per heavy atom. The van der Waals surface area contributed by atoms with Gasteiger partial charge in [-0.1, -0.05) is 6.08 Å². The minimum absolute atomic E-state index is 0.204. The number of aldehydes is 1. The predicted octanol–water partition coefficient (Wildman–Crippen LogP) is 2.23. The zero-order valence-electron chi connectivity index (χ0n) is 8.49. The first-order valence-corrected chi connectivity index (χ1v) is 4.53. The first-order valence-electron chi connectivity index (χ1n) is 4.53. The standard InChI is InChI=1S/C12H12O3/c1-3-4-9-6-10(12(14)15)5-8(2)11(9)7-13/h3,5-7H,1,4H2,2H3,(H,14,15). The number of carboxylic acids is 1. The van der Waals surface area contributed by atoms with Crippen molar-refractivity contribution in [3.05, 3.63) is 47.0 Å². The number of benzene rings is 1. The van der Waals surface area contributed by atoms with Gasteiger partial charge in [0.1, 0.15) is 0 Å². The largest absolute Gasteiger partial charge is 0.478 e. The molecule has 0 unspecified atom stereocenters. The van der Waals surface area contributed by atoms with E-state index in [2.05, 4.69) is 6.58 Å². The third-order valence-corrected chi connectivity index (χ3v) is 2.20. The monoisotopic (exact) mass is 204 g/mol. The lowest BCUT2D eigenvalue weighted by Gasteiger charge is -2.07. The molecular weight excluding hydrogens is 192 g/mol. The molecule has 0 fully saturated rings. The molecule has 78 valence electrons. The van der Waals surface area contributed by atoms with Gasteiger partial charge < -0.3 is 5.11 Å². The molecule has 0 radical (unpaired) electrons. The number of carbonyl (C=O) groups excluding carboxylic acids is 1. The van der Waals surface area contributed by atoms with E-state index >= 15 is 0 Å². The van der Waals surface area contributed by atoms with Crippen LogP contribution in [0.3, 0.4) is 0 Å². The van der Waals surface area contributed by atoms with Gasteiger partial charge in [0.15, 0.2) is 6.29 Å². The molecule has 0 amide bonds. The van der Waals surface area contributed by atoms with Gasteiger partial charge in [-0.25, -0.2) is 4.79 Å². The van der Waals surface area contributed by atoms with Crippen molar-refractivity contribution in [2.24, 2.45) is 0 Å². The molecule has 0 atom stereocenters. The molecule has 3 nitrogen and oxygen atoms in total. The van der Waals surface area contributed by atoms with E-state index in [1.54, 1.807) is 13.0 Å². The van der Waals surface area contributed by atoms with Crippen molar-refractivity contribution in [3.8, 4) is 0 Å². The van der Waals surface area contributed by atoms with Crippen LogP contribution < -0.4 is 0 Å². The van der Waals surface area contributed by atoms with Crippen LogP contribution >= 0.6 is 0 Å². The Morgan fingerprint density at radius 1 is 1.53 bits per heavy atom. The number of carbonyl (C=O) groups is 2. The van der Waals surface area contributed by atoms with E-state index in [0.29, 0.717) is 23.1 Å². The molecule has 0 aromatic heterocycles. The van der Waals surface area contributed by atoms with Gasteiger partial charge in [-0.05, 0) is 36.6 Å². The van der Waals surface area contributed by atoms with E-state index in [1.165, 1.54) is 12.1 Å². The SMILES string of the molecule is C=CCc1cc(C(=O)O)cc(C)c1C=O. The number of rotatable bonds is 4. The topological polar surface area (TPSA) is 54.4 Å². The first kappa shape index (κ1) is 11.2. The normalized spacial score (nSPS) is 9.67. The molecule has 1 aromatic rings. The molecule has 1 aromatic carbocycles. The van der Waals surface area contributed by atoms with E-state index in [9.17, 15) is 9.59 Å². The Labute approximate surface area is 88.0 Å². The lowest BCUT2D eigenvalue weighted by atomic mass is 9.97. The number of allylic oxidation sites excluding steroid dienone is 1. The molecule has 0 bridgehead atoms. The highest BCUT2D eigenvalue weighted by atomic mass is 16.4. The average Bonchev–Trinajstić information content (AvgIpc) is 2.17. The number of aromatic carboxylic acids is 1. The fourth-order valence-electron chi connectivity index (χ4n) is 1.49. The van der Waals surface area contributed by atoms with E-state index in [4.69, 9.17) is 5.11 Å². The van der Waals surface area contributed by atoms with Crippen molar-refractivity contribution in [2.45, 2.75) is 13.3 Å². The van der Waals surface area contributed by atoms with Gasteiger partial charge in [0.25, 0.3) is 0 Å². The van der Waals surface area contributed by atoms with Crippen LogP contribution in [0, 0.1) is 6.92 Å². The van der Waals surface area contributed by atoms with Gasteiger partial charge in [-0.15, -0.1) is 6.58 Å². The van der Waals surface area contributed by atoms with E-state index in [-0.39, 0.29) is 5.56 Å². The Hall–Kier alpha value is -1.90. The summed E-state index contributed by atoms with van der Waals surface area (Å²) in [5, 5.41) is 8.85. The summed E-state index contributed by atoms with van der Waals surface area (Å²) in [7, 11) is 0. The number of aryl methyl sites for hydroxylation is 1. The predicted molar refractivity (Wildman–Crippen MR) is 57.4 cm³/mol. The van der Waals surface area contributed by atoms with Crippen molar-refractivity contribution in [2.75, 3.05) is 0 Å². The Bertz CT molecular complexity index is 419. The second-order valence-corrected chi connectivity index (χ2v) is 3.28. The van der Waals surface area contributed by atoms with Crippen molar-refractivity contribution in [1.82, 2.24) is 0 Å². The summed E-state index contributed by atoms with van der Waals surface area (Å²) in [5.74, 6) is -0.985. The fraction of sp³-hybridized carbons (Fsp3) is 0.167. The van der Waals surface area contributed by atoms with E-state index < -0.39 is 5.97 Å². The van der Waals surface area contributed by atoms with Crippen molar-refractivity contribution < 1.29 is 14.7 Å². The number of hydrogen-bond acceptors (Lipinski definition) is 2. The molecule has 1 N–H and O–H groups in total. The second kappa shape index (κ2) is 4.55. The molecule has 0 spiro atoms. The summed E-state index contributed by atoms with van der Waals surface area (Å²) in [6.45, 7) is 5.30. The summed E-state index contributed by atoms with van der Waals surface area (Å²) < 4.78 is 0. The minimum atomic E-state index is -0.985. The minimum Gasteiger partial charge on any atom is -0.478 e. The van der Waals surface area contributed by atoms with Gasteiger partial charge in [0.2, 0.25) is 0 Å². The quantitative estimate of drug-likeness (QED) is 0.604. The highest BCUT2D eigenvalue weighted by molar-refractivity contribution is 5.90. The Morgan fingerprint density at radius 3 is 2.67 bits per heavy atom.